The molecule has 98 valence electrons. The summed E-state index contributed by atoms with van der Waals surface area (Å²) in [7, 11) is -3.48. The molecule has 0 atom stereocenters. The number of hydrogen-bond donors (Lipinski definition) is 2. The van der Waals surface area contributed by atoms with Gasteiger partial charge in [-0.1, -0.05) is 20.8 Å². The topological polar surface area (TPSA) is 71.3 Å². The first-order valence-corrected chi connectivity index (χ1v) is 7.65. The summed E-state index contributed by atoms with van der Waals surface area (Å²) in [5, 5.41) is 3.16. The predicted octanol–water partition coefficient (Wildman–Crippen LogP) is 1.84. The molecule has 0 fully saturated rings. The molecule has 1 heterocycles. The molecular formula is C10H17BrN2O3S. The molecule has 2 N–H and O–H groups in total. The fraction of sp³-hybridized carbons (Fsp3) is 0.600. The van der Waals surface area contributed by atoms with Crippen molar-refractivity contribution in [2.24, 2.45) is 0 Å². The van der Waals surface area contributed by atoms with Gasteiger partial charge in [0.15, 0.2) is 4.67 Å². The van der Waals surface area contributed by atoms with Crippen LogP contribution in [0.2, 0.25) is 0 Å². The summed E-state index contributed by atoms with van der Waals surface area (Å²) in [5.41, 5.74) is 0. The number of rotatable bonds is 6. The van der Waals surface area contributed by atoms with Gasteiger partial charge in [0.05, 0.1) is 6.54 Å². The zero-order valence-corrected chi connectivity index (χ0v) is 12.5. The highest BCUT2D eigenvalue weighted by atomic mass is 79.9. The summed E-state index contributed by atoms with van der Waals surface area (Å²) in [6.07, 6.45) is 0. The maximum atomic E-state index is 11.8. The van der Waals surface area contributed by atoms with Crippen molar-refractivity contribution in [1.82, 2.24) is 10.0 Å². The van der Waals surface area contributed by atoms with E-state index in [4.69, 9.17) is 4.42 Å². The Hall–Kier alpha value is -0.370. The second kappa shape index (κ2) is 5.99. The third-order valence-corrected chi connectivity index (χ3v) is 4.42. The van der Waals surface area contributed by atoms with Crippen molar-refractivity contribution < 1.29 is 12.8 Å². The second-order valence-corrected chi connectivity index (χ2v) is 6.34. The summed E-state index contributed by atoms with van der Waals surface area (Å²) in [5.74, 6) is 0.585. The van der Waals surface area contributed by atoms with Crippen LogP contribution in [0.25, 0.3) is 0 Å². The Bertz CT molecular complexity index is 468. The van der Waals surface area contributed by atoms with Gasteiger partial charge in [0, 0.05) is 18.7 Å². The van der Waals surface area contributed by atoms with Crippen LogP contribution in [0.1, 0.15) is 26.5 Å². The van der Waals surface area contributed by atoms with Gasteiger partial charge in [-0.05, 0) is 15.9 Å². The lowest BCUT2D eigenvalue weighted by Crippen LogP contribution is -2.23. The molecule has 5 nitrogen and oxygen atoms in total. The summed E-state index contributed by atoms with van der Waals surface area (Å²) in [6, 6.07) is 1.84. The maximum Gasteiger partial charge on any atom is 0.244 e. The normalized spacial score (nSPS) is 12.3. The van der Waals surface area contributed by atoms with Gasteiger partial charge in [-0.25, -0.2) is 13.1 Å². The molecule has 7 heteroatoms. The van der Waals surface area contributed by atoms with Crippen LogP contribution in [0.3, 0.4) is 0 Å². The molecule has 1 rings (SSSR count). The largest absolute Gasteiger partial charge is 0.452 e. The molecule has 0 saturated heterocycles. The van der Waals surface area contributed by atoms with E-state index in [1.807, 2.05) is 13.8 Å². The average molecular weight is 325 g/mol. The van der Waals surface area contributed by atoms with Crippen molar-refractivity contribution in [1.29, 1.82) is 0 Å². The molecule has 0 aliphatic carbocycles. The van der Waals surface area contributed by atoms with Crippen LogP contribution in [0.5, 0.6) is 0 Å². The highest BCUT2D eigenvalue weighted by Crippen LogP contribution is 2.25. The Kier molecular flexibility index (Phi) is 5.18. The van der Waals surface area contributed by atoms with Crippen LogP contribution < -0.4 is 10.0 Å². The molecule has 1 aromatic rings. The van der Waals surface area contributed by atoms with E-state index < -0.39 is 10.0 Å². The van der Waals surface area contributed by atoms with Crippen molar-refractivity contribution in [2.45, 2.75) is 38.3 Å². The van der Waals surface area contributed by atoms with Gasteiger partial charge in [-0.15, -0.1) is 0 Å². The molecule has 0 amide bonds. The zero-order valence-electron chi connectivity index (χ0n) is 10.1. The number of nitrogens with one attached hydrogen (secondary N) is 2. The lowest BCUT2D eigenvalue weighted by atomic mass is 10.3. The van der Waals surface area contributed by atoms with Gasteiger partial charge < -0.3 is 9.73 Å². The molecule has 0 saturated carbocycles. The molecule has 17 heavy (non-hydrogen) atoms. The molecule has 0 aromatic carbocycles. The molecule has 0 aliphatic rings. The smallest absolute Gasteiger partial charge is 0.244 e. The molecule has 0 spiro atoms. The van der Waals surface area contributed by atoms with Crippen molar-refractivity contribution >= 4 is 26.0 Å². The predicted molar refractivity (Wildman–Crippen MR) is 69.2 cm³/mol. The Morgan fingerprint density at radius 2 is 2.12 bits per heavy atom. The minimum Gasteiger partial charge on any atom is -0.452 e. The third-order valence-electron chi connectivity index (χ3n) is 2.01. The van der Waals surface area contributed by atoms with E-state index in [-0.39, 0.29) is 9.56 Å². The van der Waals surface area contributed by atoms with Crippen LogP contribution in [0.4, 0.5) is 0 Å². The molecule has 0 bridgehead atoms. The fourth-order valence-corrected chi connectivity index (χ4v) is 3.28. The third kappa shape index (κ3) is 4.09. The highest BCUT2D eigenvalue weighted by molar-refractivity contribution is 9.10. The van der Waals surface area contributed by atoms with E-state index in [1.165, 1.54) is 6.07 Å². The quantitative estimate of drug-likeness (QED) is 0.837. The van der Waals surface area contributed by atoms with Crippen LogP contribution in [-0.4, -0.2) is 21.0 Å². The van der Waals surface area contributed by atoms with Crippen LogP contribution in [0.15, 0.2) is 20.0 Å². The number of furan rings is 1. The van der Waals surface area contributed by atoms with Gasteiger partial charge in [0.25, 0.3) is 0 Å². The van der Waals surface area contributed by atoms with Gasteiger partial charge in [0.2, 0.25) is 10.0 Å². The van der Waals surface area contributed by atoms with Gasteiger partial charge >= 0.3 is 0 Å². The first-order valence-electron chi connectivity index (χ1n) is 5.38. The number of sulfonamides is 1. The molecule has 1 aromatic heterocycles. The van der Waals surface area contributed by atoms with E-state index in [9.17, 15) is 8.42 Å². The summed E-state index contributed by atoms with van der Waals surface area (Å²) >= 11 is 3.12. The fourth-order valence-electron chi connectivity index (χ4n) is 1.24. The van der Waals surface area contributed by atoms with Crippen LogP contribution in [-0.2, 0) is 16.6 Å². The van der Waals surface area contributed by atoms with Crippen molar-refractivity contribution in [3.8, 4) is 0 Å². The van der Waals surface area contributed by atoms with E-state index in [0.29, 0.717) is 24.9 Å². The van der Waals surface area contributed by atoms with Crippen LogP contribution in [0, 0.1) is 0 Å². The second-order valence-electron chi connectivity index (χ2n) is 3.89. The van der Waals surface area contributed by atoms with Gasteiger partial charge in [-0.3, -0.25) is 0 Å². The van der Waals surface area contributed by atoms with Crippen LogP contribution >= 0.6 is 15.9 Å². The molecule has 0 aliphatic heterocycles. The lowest BCUT2D eigenvalue weighted by Gasteiger charge is -2.04. The number of halogens is 1. The first kappa shape index (κ1) is 14.7. The average Bonchev–Trinajstić information content (AvgIpc) is 2.57. The van der Waals surface area contributed by atoms with E-state index >= 15 is 0 Å². The summed E-state index contributed by atoms with van der Waals surface area (Å²) in [6.45, 7) is 6.59. The Balaban J connectivity index is 2.89. The monoisotopic (exact) mass is 324 g/mol. The first-order chi connectivity index (χ1) is 7.86. The molecule has 0 radical (unpaired) electrons. The lowest BCUT2D eigenvalue weighted by molar-refractivity contribution is 0.447. The van der Waals surface area contributed by atoms with E-state index in [1.54, 1.807) is 6.92 Å². The SMILES string of the molecule is CCNS(=O)(=O)c1cc(CNC(C)C)oc1Br. The Morgan fingerprint density at radius 1 is 1.47 bits per heavy atom. The molecular weight excluding hydrogens is 308 g/mol. The minimum atomic E-state index is -3.48. The Morgan fingerprint density at radius 3 is 2.65 bits per heavy atom. The van der Waals surface area contributed by atoms with Gasteiger partial charge in [0.1, 0.15) is 10.7 Å². The van der Waals surface area contributed by atoms with E-state index in [0.717, 1.165) is 0 Å². The molecule has 0 unspecified atom stereocenters. The van der Waals surface area contributed by atoms with Crippen molar-refractivity contribution in [3.63, 3.8) is 0 Å². The minimum absolute atomic E-state index is 0.139. The van der Waals surface area contributed by atoms with Crippen molar-refractivity contribution in [3.05, 3.63) is 16.5 Å². The standard InChI is InChI=1S/C10H17BrN2O3S/c1-4-13-17(14,15)9-5-8(16-10(9)11)6-12-7(2)3/h5,7,12-13H,4,6H2,1-3H3. The summed E-state index contributed by atoms with van der Waals surface area (Å²) < 4.78 is 31.6. The summed E-state index contributed by atoms with van der Waals surface area (Å²) in [4.78, 5) is 0.139. The van der Waals surface area contributed by atoms with Gasteiger partial charge in [-0.2, -0.15) is 0 Å². The zero-order chi connectivity index (χ0) is 13.1. The maximum absolute atomic E-state index is 11.8. The number of hydrogen-bond acceptors (Lipinski definition) is 4. The highest BCUT2D eigenvalue weighted by Gasteiger charge is 2.21. The van der Waals surface area contributed by atoms with E-state index in [2.05, 4.69) is 26.0 Å². The Labute approximate surface area is 110 Å². The van der Waals surface area contributed by atoms with Crippen molar-refractivity contribution in [2.75, 3.05) is 6.54 Å².